The van der Waals surface area contributed by atoms with Crippen molar-refractivity contribution in [1.29, 1.82) is 0 Å². The molecule has 0 radical (unpaired) electrons. The lowest BCUT2D eigenvalue weighted by atomic mass is 10.1. The Bertz CT molecular complexity index is 481. The van der Waals surface area contributed by atoms with Crippen LogP contribution in [0.5, 0.6) is 0 Å². The average molecular weight is 238 g/mol. The van der Waals surface area contributed by atoms with Crippen LogP contribution in [0.15, 0.2) is 18.2 Å². The number of hydrogen-bond acceptors (Lipinski definition) is 3. The van der Waals surface area contributed by atoms with Crippen molar-refractivity contribution in [2.24, 2.45) is 5.73 Å². The highest BCUT2D eigenvalue weighted by Crippen LogP contribution is 2.23. The lowest BCUT2D eigenvalue weighted by Gasteiger charge is -2.06. The minimum Gasteiger partial charge on any atom is -0.327 e. The lowest BCUT2D eigenvalue weighted by Crippen LogP contribution is -2.22. The molecule has 0 fully saturated rings. The Morgan fingerprint density at radius 3 is 3.06 bits per heavy atom. The molecule has 1 atom stereocenters. The van der Waals surface area contributed by atoms with Gasteiger partial charge in [0.1, 0.15) is 5.82 Å². The summed E-state index contributed by atoms with van der Waals surface area (Å²) in [5.74, 6) is -0.208. The van der Waals surface area contributed by atoms with E-state index in [1.807, 2.05) is 0 Å². The van der Waals surface area contributed by atoms with Crippen molar-refractivity contribution in [3.05, 3.63) is 29.0 Å². The van der Waals surface area contributed by atoms with Crippen molar-refractivity contribution in [2.75, 3.05) is 0 Å². The summed E-state index contributed by atoms with van der Waals surface area (Å²) in [6.07, 6.45) is 2.87. The Kier molecular flexibility index (Phi) is 3.51. The van der Waals surface area contributed by atoms with Gasteiger partial charge in [-0.15, -0.1) is 11.3 Å². The molecule has 2 N–H and O–H groups in total. The maximum absolute atomic E-state index is 13.0. The zero-order valence-electron chi connectivity index (χ0n) is 9.24. The molecule has 2 rings (SSSR count). The Morgan fingerprint density at radius 1 is 1.50 bits per heavy atom. The van der Waals surface area contributed by atoms with E-state index >= 15 is 0 Å². The SMILES string of the molecule is CCCC(N)Cc1nc2ccc(F)cc2s1. The monoisotopic (exact) mass is 238 g/mol. The normalized spacial score (nSPS) is 13.2. The quantitative estimate of drug-likeness (QED) is 0.889. The van der Waals surface area contributed by atoms with Crippen LogP contribution in [0.25, 0.3) is 10.2 Å². The molecule has 0 bridgehead atoms. The van der Waals surface area contributed by atoms with E-state index in [1.54, 1.807) is 6.07 Å². The molecule has 0 saturated heterocycles. The van der Waals surface area contributed by atoms with Gasteiger partial charge in [-0.05, 0) is 24.6 Å². The van der Waals surface area contributed by atoms with Crippen LogP contribution in [0.4, 0.5) is 4.39 Å². The number of nitrogens with two attached hydrogens (primary N) is 1. The summed E-state index contributed by atoms with van der Waals surface area (Å²) >= 11 is 1.53. The molecule has 2 aromatic rings. The first-order valence-electron chi connectivity index (χ1n) is 5.49. The highest BCUT2D eigenvalue weighted by atomic mass is 32.1. The standard InChI is InChI=1S/C12H15FN2S/c1-2-3-9(14)7-12-15-10-5-4-8(13)6-11(10)16-12/h4-6,9H,2-3,7,14H2,1H3. The minimum atomic E-state index is -0.208. The summed E-state index contributed by atoms with van der Waals surface area (Å²) < 4.78 is 13.9. The molecular formula is C12H15FN2S. The third kappa shape index (κ3) is 2.57. The summed E-state index contributed by atoms with van der Waals surface area (Å²) in [5, 5.41) is 1.00. The van der Waals surface area contributed by atoms with E-state index in [2.05, 4.69) is 11.9 Å². The zero-order chi connectivity index (χ0) is 11.5. The predicted octanol–water partition coefficient (Wildman–Crippen LogP) is 3.11. The van der Waals surface area contributed by atoms with Crippen LogP contribution in [0, 0.1) is 5.82 Å². The van der Waals surface area contributed by atoms with Gasteiger partial charge in [0.25, 0.3) is 0 Å². The van der Waals surface area contributed by atoms with E-state index in [9.17, 15) is 4.39 Å². The summed E-state index contributed by atoms with van der Waals surface area (Å²) in [5.41, 5.74) is 6.83. The maximum Gasteiger partial charge on any atom is 0.124 e. The molecule has 0 aliphatic rings. The van der Waals surface area contributed by atoms with E-state index in [4.69, 9.17) is 5.73 Å². The molecule has 0 amide bonds. The first-order valence-corrected chi connectivity index (χ1v) is 6.31. The molecule has 0 saturated carbocycles. The van der Waals surface area contributed by atoms with E-state index in [1.165, 1.54) is 23.5 Å². The summed E-state index contributed by atoms with van der Waals surface area (Å²) in [7, 11) is 0. The topological polar surface area (TPSA) is 38.9 Å². The molecular weight excluding hydrogens is 223 g/mol. The lowest BCUT2D eigenvalue weighted by molar-refractivity contribution is 0.599. The second kappa shape index (κ2) is 4.89. The summed E-state index contributed by atoms with van der Waals surface area (Å²) in [4.78, 5) is 4.45. The molecule has 0 aliphatic heterocycles. The first kappa shape index (κ1) is 11.5. The number of benzene rings is 1. The number of aromatic nitrogens is 1. The van der Waals surface area contributed by atoms with Gasteiger partial charge in [0.05, 0.1) is 15.2 Å². The van der Waals surface area contributed by atoms with Gasteiger partial charge in [-0.3, -0.25) is 0 Å². The van der Waals surface area contributed by atoms with Crippen molar-refractivity contribution in [3.8, 4) is 0 Å². The van der Waals surface area contributed by atoms with Crippen molar-refractivity contribution >= 4 is 21.6 Å². The van der Waals surface area contributed by atoms with E-state index in [0.29, 0.717) is 0 Å². The highest BCUT2D eigenvalue weighted by Gasteiger charge is 2.08. The van der Waals surface area contributed by atoms with Gasteiger partial charge in [-0.25, -0.2) is 9.37 Å². The van der Waals surface area contributed by atoms with Crippen LogP contribution >= 0.6 is 11.3 Å². The minimum absolute atomic E-state index is 0.162. The summed E-state index contributed by atoms with van der Waals surface area (Å²) in [6.45, 7) is 2.12. The predicted molar refractivity (Wildman–Crippen MR) is 66.2 cm³/mol. The van der Waals surface area contributed by atoms with Gasteiger partial charge in [-0.2, -0.15) is 0 Å². The Balaban J connectivity index is 2.19. The molecule has 1 heterocycles. The molecule has 1 unspecified atom stereocenters. The van der Waals surface area contributed by atoms with Gasteiger partial charge in [0.15, 0.2) is 0 Å². The van der Waals surface area contributed by atoms with Crippen molar-refractivity contribution in [2.45, 2.75) is 32.2 Å². The number of thiazole rings is 1. The number of rotatable bonds is 4. The number of nitrogens with zero attached hydrogens (tertiary/aromatic N) is 1. The van der Waals surface area contributed by atoms with Crippen molar-refractivity contribution < 1.29 is 4.39 Å². The molecule has 2 nitrogen and oxygen atoms in total. The van der Waals surface area contributed by atoms with Crippen molar-refractivity contribution in [3.63, 3.8) is 0 Å². The van der Waals surface area contributed by atoms with E-state index in [-0.39, 0.29) is 11.9 Å². The van der Waals surface area contributed by atoms with Crippen LogP contribution < -0.4 is 5.73 Å². The number of halogens is 1. The first-order chi connectivity index (χ1) is 7.69. The van der Waals surface area contributed by atoms with Crippen LogP contribution in [-0.4, -0.2) is 11.0 Å². The molecule has 0 spiro atoms. The highest BCUT2D eigenvalue weighted by molar-refractivity contribution is 7.18. The smallest absolute Gasteiger partial charge is 0.124 e. The molecule has 86 valence electrons. The van der Waals surface area contributed by atoms with Crippen LogP contribution in [0.3, 0.4) is 0 Å². The Labute approximate surface area is 98.3 Å². The third-order valence-corrected chi connectivity index (χ3v) is 3.53. The average Bonchev–Trinajstić information content (AvgIpc) is 2.59. The van der Waals surface area contributed by atoms with E-state index < -0.39 is 0 Å². The van der Waals surface area contributed by atoms with Gasteiger partial charge in [0.2, 0.25) is 0 Å². The summed E-state index contributed by atoms with van der Waals surface area (Å²) in [6, 6.07) is 4.85. The molecule has 0 aliphatic carbocycles. The third-order valence-electron chi connectivity index (χ3n) is 2.49. The fourth-order valence-corrected chi connectivity index (χ4v) is 2.82. The maximum atomic E-state index is 13.0. The second-order valence-electron chi connectivity index (χ2n) is 3.97. The molecule has 1 aromatic heterocycles. The number of fused-ring (bicyclic) bond motifs is 1. The largest absolute Gasteiger partial charge is 0.327 e. The van der Waals surface area contributed by atoms with Gasteiger partial charge >= 0.3 is 0 Å². The fraction of sp³-hybridized carbons (Fsp3) is 0.417. The Morgan fingerprint density at radius 2 is 2.31 bits per heavy atom. The van der Waals surface area contributed by atoms with Crippen LogP contribution in [0.2, 0.25) is 0 Å². The van der Waals surface area contributed by atoms with Gasteiger partial charge in [-0.1, -0.05) is 13.3 Å². The fourth-order valence-electron chi connectivity index (χ4n) is 1.73. The zero-order valence-corrected chi connectivity index (χ0v) is 10.1. The van der Waals surface area contributed by atoms with E-state index in [0.717, 1.165) is 34.5 Å². The second-order valence-corrected chi connectivity index (χ2v) is 5.09. The van der Waals surface area contributed by atoms with Gasteiger partial charge < -0.3 is 5.73 Å². The van der Waals surface area contributed by atoms with Crippen LogP contribution in [0.1, 0.15) is 24.8 Å². The molecule has 16 heavy (non-hydrogen) atoms. The van der Waals surface area contributed by atoms with Crippen LogP contribution in [-0.2, 0) is 6.42 Å². The molecule has 4 heteroatoms. The van der Waals surface area contributed by atoms with Gasteiger partial charge in [0, 0.05) is 12.5 Å². The van der Waals surface area contributed by atoms with Crippen molar-refractivity contribution in [1.82, 2.24) is 4.98 Å². The Hall–Kier alpha value is -1.000. The molecule has 1 aromatic carbocycles. The number of hydrogen-bond donors (Lipinski definition) is 1.